The van der Waals surface area contributed by atoms with Crippen molar-refractivity contribution in [3.05, 3.63) is 5.82 Å². The van der Waals surface area contributed by atoms with E-state index in [-0.39, 0.29) is 17.7 Å². The second-order valence-corrected chi connectivity index (χ2v) is 5.64. The van der Waals surface area contributed by atoms with E-state index >= 15 is 0 Å². The second kappa shape index (κ2) is 4.80. The Bertz CT molecular complexity index is 459. The molecule has 2 saturated heterocycles. The summed E-state index contributed by atoms with van der Waals surface area (Å²) in [7, 11) is 2.22. The van der Waals surface area contributed by atoms with E-state index in [4.69, 9.17) is 5.73 Å². The van der Waals surface area contributed by atoms with Crippen molar-refractivity contribution in [1.82, 2.24) is 25.4 Å². The van der Waals surface area contributed by atoms with Crippen LogP contribution in [0.15, 0.2) is 0 Å². The van der Waals surface area contributed by atoms with Crippen LogP contribution >= 0.6 is 0 Å². The van der Waals surface area contributed by atoms with Gasteiger partial charge in [-0.2, -0.15) is 4.98 Å². The maximum atomic E-state index is 11.8. The largest absolute Gasteiger partial charge is 0.366 e. The number of anilines is 1. The van der Waals surface area contributed by atoms with E-state index in [0.29, 0.717) is 24.5 Å². The van der Waals surface area contributed by atoms with Gasteiger partial charge in [0, 0.05) is 18.6 Å². The Labute approximate surface area is 111 Å². The number of nitrogens with two attached hydrogens (primary N) is 1. The van der Waals surface area contributed by atoms with Crippen LogP contribution in [-0.4, -0.2) is 51.7 Å². The number of aromatic nitrogens is 3. The van der Waals surface area contributed by atoms with Crippen LogP contribution in [-0.2, 0) is 0 Å². The Kier molecular flexibility index (Phi) is 3.14. The summed E-state index contributed by atoms with van der Waals surface area (Å²) in [6, 6.07) is 1.39. The van der Waals surface area contributed by atoms with Gasteiger partial charge in [-0.05, 0) is 38.6 Å². The summed E-state index contributed by atoms with van der Waals surface area (Å²) in [4.78, 5) is 18.1. The molecule has 2 aliphatic rings. The monoisotopic (exact) mass is 264 g/mol. The highest BCUT2D eigenvalue weighted by Gasteiger charge is 2.38. The van der Waals surface area contributed by atoms with Crippen LogP contribution in [0.2, 0.25) is 0 Å². The number of nitrogens with one attached hydrogen (secondary N) is 2. The van der Waals surface area contributed by atoms with E-state index in [1.165, 1.54) is 25.7 Å². The van der Waals surface area contributed by atoms with Crippen molar-refractivity contribution in [3.63, 3.8) is 0 Å². The average molecular weight is 264 g/mol. The Hall–Kier alpha value is -1.63. The lowest BCUT2D eigenvalue weighted by Crippen LogP contribution is -2.43. The Balaban J connectivity index is 1.52. The maximum absolute atomic E-state index is 11.8. The molecule has 2 unspecified atom stereocenters. The molecule has 1 amide bonds. The first-order chi connectivity index (χ1) is 9.13. The molecule has 0 aliphatic carbocycles. The Morgan fingerprint density at radius 1 is 1.47 bits per heavy atom. The molecule has 3 heterocycles. The molecule has 104 valence electrons. The number of aromatic amines is 1. The third-order valence-electron chi connectivity index (χ3n) is 4.46. The van der Waals surface area contributed by atoms with Crippen LogP contribution in [0.5, 0.6) is 0 Å². The number of hydrogen-bond acceptors (Lipinski definition) is 5. The van der Waals surface area contributed by atoms with Gasteiger partial charge in [0.25, 0.3) is 5.91 Å². The number of nitrogens with zero attached hydrogens (tertiary/aromatic N) is 3. The second-order valence-electron chi connectivity index (χ2n) is 5.64. The van der Waals surface area contributed by atoms with E-state index in [1.54, 1.807) is 0 Å². The van der Waals surface area contributed by atoms with Gasteiger partial charge in [0.15, 0.2) is 0 Å². The van der Waals surface area contributed by atoms with Crippen molar-refractivity contribution in [3.8, 4) is 0 Å². The smallest absolute Gasteiger partial charge is 0.288 e. The standard InChI is InChI=1S/C12H20N6O/c1-18-8-2-3-9(18)5-7(4-8)6-14-11(19)10-15-12(13)17-16-10/h7-9H,2-6H2,1H3,(H,14,19)(H3,13,15,16,17). The van der Waals surface area contributed by atoms with E-state index in [9.17, 15) is 4.79 Å². The summed E-state index contributed by atoms with van der Waals surface area (Å²) in [6.07, 6.45) is 4.94. The van der Waals surface area contributed by atoms with Crippen molar-refractivity contribution < 1.29 is 4.79 Å². The molecule has 3 rings (SSSR count). The molecule has 4 N–H and O–H groups in total. The zero-order valence-electron chi connectivity index (χ0n) is 11.1. The van der Waals surface area contributed by atoms with Crippen LogP contribution in [0.1, 0.15) is 36.3 Å². The highest BCUT2D eigenvalue weighted by molar-refractivity contribution is 5.90. The summed E-state index contributed by atoms with van der Waals surface area (Å²) in [6.45, 7) is 0.709. The SMILES string of the molecule is CN1C2CCC1CC(CNC(=O)c1nc(N)n[nH]1)C2. The fourth-order valence-corrected chi connectivity index (χ4v) is 3.39. The third kappa shape index (κ3) is 2.42. The van der Waals surface area contributed by atoms with Crippen molar-refractivity contribution in [1.29, 1.82) is 0 Å². The van der Waals surface area contributed by atoms with Gasteiger partial charge in [-0.25, -0.2) is 0 Å². The molecule has 2 bridgehead atoms. The van der Waals surface area contributed by atoms with Gasteiger partial charge < -0.3 is 16.0 Å². The summed E-state index contributed by atoms with van der Waals surface area (Å²) >= 11 is 0. The molecular weight excluding hydrogens is 244 g/mol. The van der Waals surface area contributed by atoms with Crippen molar-refractivity contribution >= 4 is 11.9 Å². The Morgan fingerprint density at radius 2 is 2.16 bits per heavy atom. The minimum atomic E-state index is -0.226. The summed E-state index contributed by atoms with van der Waals surface area (Å²) < 4.78 is 0. The van der Waals surface area contributed by atoms with E-state index in [0.717, 1.165) is 0 Å². The van der Waals surface area contributed by atoms with Crippen LogP contribution in [0.25, 0.3) is 0 Å². The van der Waals surface area contributed by atoms with Crippen molar-refractivity contribution in [2.45, 2.75) is 37.8 Å². The van der Waals surface area contributed by atoms with Gasteiger partial charge >= 0.3 is 0 Å². The highest BCUT2D eigenvalue weighted by Crippen LogP contribution is 2.36. The zero-order chi connectivity index (χ0) is 13.4. The van der Waals surface area contributed by atoms with Gasteiger partial charge in [0.1, 0.15) is 0 Å². The summed E-state index contributed by atoms with van der Waals surface area (Å²) in [5, 5.41) is 9.09. The number of amides is 1. The molecule has 1 aromatic heterocycles. The molecule has 2 aliphatic heterocycles. The highest BCUT2D eigenvalue weighted by atomic mass is 16.2. The molecule has 2 atom stereocenters. The fourth-order valence-electron chi connectivity index (χ4n) is 3.39. The van der Waals surface area contributed by atoms with Gasteiger partial charge in [0.05, 0.1) is 0 Å². The number of rotatable bonds is 3. The van der Waals surface area contributed by atoms with Crippen molar-refractivity contribution in [2.24, 2.45) is 5.92 Å². The number of H-pyrrole nitrogens is 1. The normalized spacial score (nSPS) is 30.5. The van der Waals surface area contributed by atoms with E-state index in [1.807, 2.05) is 0 Å². The summed E-state index contributed by atoms with van der Waals surface area (Å²) in [5.74, 6) is 0.629. The maximum Gasteiger partial charge on any atom is 0.288 e. The summed E-state index contributed by atoms with van der Waals surface area (Å²) in [5.41, 5.74) is 5.38. The van der Waals surface area contributed by atoms with Gasteiger partial charge in [-0.1, -0.05) is 0 Å². The molecule has 0 spiro atoms. The molecule has 2 fully saturated rings. The van der Waals surface area contributed by atoms with Gasteiger partial charge in [-0.3, -0.25) is 9.89 Å². The number of nitrogen functional groups attached to an aromatic ring is 1. The predicted molar refractivity (Wildman–Crippen MR) is 70.4 cm³/mol. The van der Waals surface area contributed by atoms with Crippen molar-refractivity contribution in [2.75, 3.05) is 19.3 Å². The van der Waals surface area contributed by atoms with Gasteiger partial charge in [0.2, 0.25) is 11.8 Å². The van der Waals surface area contributed by atoms with Crippen LogP contribution < -0.4 is 11.1 Å². The lowest BCUT2D eigenvalue weighted by Gasteiger charge is -2.36. The van der Waals surface area contributed by atoms with Gasteiger partial charge in [-0.15, -0.1) is 5.10 Å². The first kappa shape index (κ1) is 12.4. The molecule has 0 saturated carbocycles. The zero-order valence-corrected chi connectivity index (χ0v) is 11.1. The van der Waals surface area contributed by atoms with Crippen LogP contribution in [0.3, 0.4) is 0 Å². The van der Waals surface area contributed by atoms with E-state index in [2.05, 4.69) is 32.4 Å². The topological polar surface area (TPSA) is 99.9 Å². The molecular formula is C12H20N6O. The number of carbonyl (C=O) groups is 1. The molecule has 7 heteroatoms. The lowest BCUT2D eigenvalue weighted by atomic mass is 9.91. The first-order valence-electron chi connectivity index (χ1n) is 6.81. The number of fused-ring (bicyclic) bond motifs is 2. The first-order valence-corrected chi connectivity index (χ1v) is 6.81. The Morgan fingerprint density at radius 3 is 2.74 bits per heavy atom. The minimum absolute atomic E-state index is 0.0995. The quantitative estimate of drug-likeness (QED) is 0.713. The molecule has 0 radical (unpaired) electrons. The molecule has 19 heavy (non-hydrogen) atoms. The molecule has 1 aromatic rings. The van der Waals surface area contributed by atoms with Crippen LogP contribution in [0.4, 0.5) is 5.95 Å². The lowest BCUT2D eigenvalue weighted by molar-refractivity contribution is 0.0908. The number of hydrogen-bond donors (Lipinski definition) is 3. The minimum Gasteiger partial charge on any atom is -0.366 e. The fraction of sp³-hybridized carbons (Fsp3) is 0.750. The van der Waals surface area contributed by atoms with Crippen LogP contribution in [0, 0.1) is 5.92 Å². The average Bonchev–Trinajstić information content (AvgIpc) is 2.88. The third-order valence-corrected chi connectivity index (χ3v) is 4.46. The van der Waals surface area contributed by atoms with E-state index < -0.39 is 0 Å². The molecule has 7 nitrogen and oxygen atoms in total. The number of piperidine rings is 1. The molecule has 0 aromatic carbocycles. The predicted octanol–water partition coefficient (Wildman–Crippen LogP) is -0.0105. The number of carbonyl (C=O) groups excluding carboxylic acids is 1.